The third-order valence-corrected chi connectivity index (χ3v) is 4.82. The van der Waals surface area contributed by atoms with Gasteiger partial charge >= 0.3 is 0 Å². The van der Waals surface area contributed by atoms with Crippen LogP contribution in [0.1, 0.15) is 5.56 Å². The Morgan fingerprint density at radius 2 is 1.82 bits per heavy atom. The van der Waals surface area contributed by atoms with Gasteiger partial charge in [-0.1, -0.05) is 6.07 Å². The molecule has 5 nitrogen and oxygen atoms in total. The molecule has 1 fully saturated rings. The summed E-state index contributed by atoms with van der Waals surface area (Å²) in [5, 5.41) is 0. The lowest BCUT2D eigenvalue weighted by Gasteiger charge is -2.34. The van der Waals surface area contributed by atoms with Crippen LogP contribution in [-0.2, 0) is 6.54 Å². The van der Waals surface area contributed by atoms with Crippen molar-refractivity contribution in [2.75, 3.05) is 31.1 Å². The number of thiazole rings is 1. The highest BCUT2D eigenvalue weighted by molar-refractivity contribution is 7.16. The molecule has 0 unspecified atom stereocenters. The Balaban J connectivity index is 1.39. The number of nitrogens with zero attached hydrogens (tertiary/aromatic N) is 5. The second kappa shape index (κ2) is 5.98. The lowest BCUT2D eigenvalue weighted by molar-refractivity contribution is 0.249. The van der Waals surface area contributed by atoms with E-state index in [2.05, 4.69) is 43.0 Å². The van der Waals surface area contributed by atoms with E-state index in [4.69, 9.17) is 0 Å². The predicted octanol–water partition coefficient (Wildman–Crippen LogP) is 2.41. The van der Waals surface area contributed by atoms with E-state index in [9.17, 15) is 0 Å². The van der Waals surface area contributed by atoms with Gasteiger partial charge in [-0.3, -0.25) is 4.90 Å². The van der Waals surface area contributed by atoms with E-state index in [1.807, 2.05) is 11.6 Å². The van der Waals surface area contributed by atoms with Crippen LogP contribution in [0.4, 0.5) is 5.95 Å². The van der Waals surface area contributed by atoms with Crippen molar-refractivity contribution >= 4 is 27.5 Å². The SMILES string of the molecule is c1cnc(N2CCN(Cc3ccc4scnc4c3)CC2)nc1. The first-order chi connectivity index (χ1) is 10.9. The average molecular weight is 311 g/mol. The summed E-state index contributed by atoms with van der Waals surface area (Å²) in [6.45, 7) is 5.00. The molecule has 0 N–H and O–H groups in total. The van der Waals surface area contributed by atoms with E-state index in [1.54, 1.807) is 23.7 Å². The quantitative estimate of drug-likeness (QED) is 0.743. The number of piperazine rings is 1. The van der Waals surface area contributed by atoms with Gasteiger partial charge in [-0.15, -0.1) is 11.3 Å². The second-order valence-electron chi connectivity index (χ2n) is 5.47. The van der Waals surface area contributed by atoms with Crippen molar-refractivity contribution in [3.8, 4) is 0 Å². The van der Waals surface area contributed by atoms with E-state index in [1.165, 1.54) is 10.3 Å². The average Bonchev–Trinajstić information content (AvgIpc) is 3.04. The Labute approximate surface area is 133 Å². The van der Waals surface area contributed by atoms with Gasteiger partial charge in [0.25, 0.3) is 0 Å². The zero-order valence-corrected chi connectivity index (χ0v) is 13.0. The highest BCUT2D eigenvalue weighted by atomic mass is 32.1. The number of rotatable bonds is 3. The third-order valence-electron chi connectivity index (χ3n) is 4.01. The number of aromatic nitrogens is 3. The minimum Gasteiger partial charge on any atom is -0.338 e. The maximum absolute atomic E-state index is 4.40. The van der Waals surface area contributed by atoms with E-state index in [-0.39, 0.29) is 0 Å². The number of fused-ring (bicyclic) bond motifs is 1. The zero-order valence-electron chi connectivity index (χ0n) is 12.2. The van der Waals surface area contributed by atoms with Crippen LogP contribution in [0.25, 0.3) is 10.2 Å². The number of benzene rings is 1. The van der Waals surface area contributed by atoms with E-state index < -0.39 is 0 Å². The van der Waals surface area contributed by atoms with E-state index >= 15 is 0 Å². The van der Waals surface area contributed by atoms with Gasteiger partial charge < -0.3 is 4.90 Å². The van der Waals surface area contributed by atoms with Crippen LogP contribution in [-0.4, -0.2) is 46.0 Å². The highest BCUT2D eigenvalue weighted by Crippen LogP contribution is 2.20. The molecule has 0 amide bonds. The Bertz CT molecular complexity index is 749. The minimum absolute atomic E-state index is 0.839. The molecular formula is C16H17N5S. The summed E-state index contributed by atoms with van der Waals surface area (Å²) in [5.41, 5.74) is 4.36. The molecule has 0 radical (unpaired) electrons. The first kappa shape index (κ1) is 13.6. The van der Waals surface area contributed by atoms with Crippen molar-refractivity contribution in [2.45, 2.75) is 6.54 Å². The van der Waals surface area contributed by atoms with Gasteiger partial charge in [0.05, 0.1) is 15.7 Å². The van der Waals surface area contributed by atoms with E-state index in [0.29, 0.717) is 0 Å². The maximum atomic E-state index is 4.40. The number of hydrogen-bond donors (Lipinski definition) is 0. The molecule has 0 saturated carbocycles. The summed E-state index contributed by atoms with van der Waals surface area (Å²) >= 11 is 1.69. The highest BCUT2D eigenvalue weighted by Gasteiger charge is 2.18. The first-order valence-electron chi connectivity index (χ1n) is 7.45. The molecule has 2 aromatic heterocycles. The topological polar surface area (TPSA) is 45.2 Å². The van der Waals surface area contributed by atoms with Gasteiger partial charge in [-0.25, -0.2) is 15.0 Å². The molecule has 1 aliphatic rings. The summed E-state index contributed by atoms with van der Waals surface area (Å²) in [4.78, 5) is 17.8. The Kier molecular flexibility index (Phi) is 3.70. The van der Waals surface area contributed by atoms with Crippen molar-refractivity contribution in [1.29, 1.82) is 0 Å². The zero-order chi connectivity index (χ0) is 14.8. The van der Waals surface area contributed by atoms with Gasteiger partial charge in [0.1, 0.15) is 0 Å². The Hall–Kier alpha value is -2.05. The van der Waals surface area contributed by atoms with Gasteiger partial charge in [0.2, 0.25) is 5.95 Å². The van der Waals surface area contributed by atoms with Crippen molar-refractivity contribution in [2.24, 2.45) is 0 Å². The number of hydrogen-bond acceptors (Lipinski definition) is 6. The molecular weight excluding hydrogens is 294 g/mol. The van der Waals surface area contributed by atoms with Crippen molar-refractivity contribution in [1.82, 2.24) is 19.9 Å². The standard InChI is InChI=1S/C16H17N5S/c1-4-17-16(18-5-1)21-8-6-20(7-9-21)11-13-2-3-15-14(10-13)19-12-22-15/h1-5,10,12H,6-9,11H2. The van der Waals surface area contributed by atoms with Gasteiger partial charge in [0.15, 0.2) is 0 Å². The Morgan fingerprint density at radius 3 is 2.64 bits per heavy atom. The minimum atomic E-state index is 0.839. The molecule has 1 aromatic carbocycles. The molecule has 3 heterocycles. The fraction of sp³-hybridized carbons (Fsp3) is 0.312. The fourth-order valence-electron chi connectivity index (χ4n) is 2.82. The largest absolute Gasteiger partial charge is 0.338 e. The lowest BCUT2D eigenvalue weighted by atomic mass is 10.2. The molecule has 3 aromatic rings. The predicted molar refractivity (Wildman–Crippen MR) is 89.1 cm³/mol. The molecule has 22 heavy (non-hydrogen) atoms. The van der Waals surface area contributed by atoms with Crippen LogP contribution in [0.5, 0.6) is 0 Å². The molecule has 0 aliphatic carbocycles. The normalized spacial score (nSPS) is 16.3. The molecule has 0 bridgehead atoms. The first-order valence-corrected chi connectivity index (χ1v) is 8.33. The van der Waals surface area contributed by atoms with Crippen LogP contribution in [0.15, 0.2) is 42.2 Å². The molecule has 1 aliphatic heterocycles. The molecule has 0 spiro atoms. The van der Waals surface area contributed by atoms with Gasteiger partial charge in [-0.2, -0.15) is 0 Å². The van der Waals surface area contributed by atoms with Crippen LogP contribution < -0.4 is 4.90 Å². The molecule has 4 rings (SSSR count). The molecule has 112 valence electrons. The monoisotopic (exact) mass is 311 g/mol. The van der Waals surface area contributed by atoms with Crippen LogP contribution in [0.3, 0.4) is 0 Å². The lowest BCUT2D eigenvalue weighted by Crippen LogP contribution is -2.46. The molecule has 6 heteroatoms. The molecule has 0 atom stereocenters. The Morgan fingerprint density at radius 1 is 1.00 bits per heavy atom. The summed E-state index contributed by atoms with van der Waals surface area (Å²) in [6.07, 6.45) is 3.61. The van der Waals surface area contributed by atoms with Crippen molar-refractivity contribution in [3.05, 3.63) is 47.7 Å². The van der Waals surface area contributed by atoms with Crippen molar-refractivity contribution in [3.63, 3.8) is 0 Å². The van der Waals surface area contributed by atoms with E-state index in [0.717, 1.165) is 44.2 Å². The fourth-order valence-corrected chi connectivity index (χ4v) is 3.48. The summed E-state index contributed by atoms with van der Waals surface area (Å²) in [7, 11) is 0. The van der Waals surface area contributed by atoms with Crippen LogP contribution in [0.2, 0.25) is 0 Å². The summed E-state index contributed by atoms with van der Waals surface area (Å²) in [6, 6.07) is 8.45. The van der Waals surface area contributed by atoms with Crippen LogP contribution in [0, 0.1) is 0 Å². The maximum Gasteiger partial charge on any atom is 0.225 e. The summed E-state index contributed by atoms with van der Waals surface area (Å²) in [5.74, 6) is 0.839. The number of anilines is 1. The second-order valence-corrected chi connectivity index (χ2v) is 6.35. The molecule has 1 saturated heterocycles. The smallest absolute Gasteiger partial charge is 0.225 e. The third kappa shape index (κ3) is 2.80. The van der Waals surface area contributed by atoms with Crippen LogP contribution >= 0.6 is 11.3 Å². The summed E-state index contributed by atoms with van der Waals surface area (Å²) < 4.78 is 1.26. The van der Waals surface area contributed by atoms with Gasteiger partial charge in [-0.05, 0) is 23.8 Å². The van der Waals surface area contributed by atoms with Gasteiger partial charge in [0, 0.05) is 45.1 Å². The van der Waals surface area contributed by atoms with Crippen molar-refractivity contribution < 1.29 is 0 Å².